The lowest BCUT2D eigenvalue weighted by molar-refractivity contribution is 0.283. The number of halogens is 1. The van der Waals surface area contributed by atoms with E-state index in [2.05, 4.69) is 29.5 Å². The summed E-state index contributed by atoms with van der Waals surface area (Å²) in [6, 6.07) is 5.49. The molecule has 0 saturated heterocycles. The maximum Gasteiger partial charge on any atom is 0.191 e. The number of nitrogens with zero attached hydrogens (tertiary/aromatic N) is 1. The zero-order valence-electron chi connectivity index (χ0n) is 15.6. The minimum atomic E-state index is 0. The van der Waals surface area contributed by atoms with Crippen LogP contribution in [0.3, 0.4) is 0 Å². The third-order valence-electron chi connectivity index (χ3n) is 5.10. The molecule has 5 nitrogen and oxygen atoms in total. The minimum Gasteiger partial charge on any atom is -0.504 e. The molecular formula is C19H32IN3O2. The second kappa shape index (κ2) is 10.7. The molecular weight excluding hydrogens is 429 g/mol. The van der Waals surface area contributed by atoms with Crippen molar-refractivity contribution in [3.05, 3.63) is 23.8 Å². The monoisotopic (exact) mass is 461 g/mol. The molecule has 2 rings (SSSR count). The van der Waals surface area contributed by atoms with Crippen LogP contribution in [-0.4, -0.2) is 31.3 Å². The number of aliphatic imine (C=N–C) groups is 1. The molecule has 1 aliphatic carbocycles. The van der Waals surface area contributed by atoms with Gasteiger partial charge < -0.3 is 20.5 Å². The quantitative estimate of drug-likeness (QED) is 0.326. The van der Waals surface area contributed by atoms with Crippen LogP contribution in [0.1, 0.15) is 51.5 Å². The first kappa shape index (κ1) is 21.9. The molecule has 1 aromatic rings. The lowest BCUT2D eigenvalue weighted by Crippen LogP contribution is -2.42. The summed E-state index contributed by atoms with van der Waals surface area (Å²) >= 11 is 0. The van der Waals surface area contributed by atoms with E-state index in [1.54, 1.807) is 13.2 Å². The van der Waals surface area contributed by atoms with E-state index in [0.29, 0.717) is 17.7 Å². The zero-order valence-corrected chi connectivity index (χ0v) is 17.9. The summed E-state index contributed by atoms with van der Waals surface area (Å²) in [5, 5.41) is 17.0. The van der Waals surface area contributed by atoms with Crippen LogP contribution in [-0.2, 0) is 6.54 Å². The van der Waals surface area contributed by atoms with E-state index in [1.807, 2.05) is 12.1 Å². The van der Waals surface area contributed by atoms with Gasteiger partial charge in [-0.05, 0) is 37.7 Å². The normalized spacial score (nSPS) is 16.2. The van der Waals surface area contributed by atoms with Crippen molar-refractivity contribution < 1.29 is 9.84 Å². The van der Waals surface area contributed by atoms with Gasteiger partial charge in [-0.3, -0.25) is 0 Å². The van der Waals surface area contributed by atoms with E-state index in [1.165, 1.54) is 32.1 Å². The Morgan fingerprint density at radius 3 is 2.56 bits per heavy atom. The van der Waals surface area contributed by atoms with Gasteiger partial charge in [0.1, 0.15) is 0 Å². The highest BCUT2D eigenvalue weighted by molar-refractivity contribution is 14.0. The molecule has 0 atom stereocenters. The van der Waals surface area contributed by atoms with Gasteiger partial charge in [0.05, 0.1) is 13.7 Å². The van der Waals surface area contributed by atoms with Crippen molar-refractivity contribution in [1.29, 1.82) is 0 Å². The molecule has 0 aromatic heterocycles. The maximum atomic E-state index is 10.2. The first-order chi connectivity index (χ1) is 11.6. The number of hydrogen-bond acceptors (Lipinski definition) is 3. The Labute approximate surface area is 168 Å². The maximum absolute atomic E-state index is 10.2. The Balaban J connectivity index is 0.00000312. The molecule has 1 aliphatic rings. The highest BCUT2D eigenvalue weighted by Gasteiger charge is 2.31. The summed E-state index contributed by atoms with van der Waals surface area (Å²) in [7, 11) is 1.56. The fraction of sp³-hybridized carbons (Fsp3) is 0.632. The molecule has 142 valence electrons. The van der Waals surface area contributed by atoms with E-state index in [0.717, 1.165) is 24.6 Å². The van der Waals surface area contributed by atoms with Crippen molar-refractivity contribution in [2.75, 3.05) is 20.2 Å². The molecule has 0 aliphatic heterocycles. The number of rotatable bonds is 7. The number of nitrogens with one attached hydrogen (secondary N) is 2. The van der Waals surface area contributed by atoms with Crippen molar-refractivity contribution in [2.24, 2.45) is 10.4 Å². The molecule has 6 heteroatoms. The summed E-state index contributed by atoms with van der Waals surface area (Å²) in [6.45, 7) is 6.53. The molecule has 0 heterocycles. The van der Waals surface area contributed by atoms with Crippen LogP contribution in [0.5, 0.6) is 11.5 Å². The second-order valence-corrected chi connectivity index (χ2v) is 6.58. The molecule has 0 spiro atoms. The van der Waals surface area contributed by atoms with Crippen molar-refractivity contribution in [1.82, 2.24) is 10.6 Å². The van der Waals surface area contributed by atoms with Gasteiger partial charge in [0.2, 0.25) is 0 Å². The Morgan fingerprint density at radius 1 is 1.24 bits per heavy atom. The molecule has 0 radical (unpaired) electrons. The molecule has 1 fully saturated rings. The van der Waals surface area contributed by atoms with Crippen LogP contribution in [0.25, 0.3) is 0 Å². The first-order valence-corrected chi connectivity index (χ1v) is 9.01. The Kier molecular flexibility index (Phi) is 9.38. The standard InChI is InChI=1S/C19H31N3O2.HI/c1-4-19(11-6-7-12-19)14-22-18(20-5-2)21-13-15-9-8-10-16(24-3)17(15)23;/h8-10,23H,4-7,11-14H2,1-3H3,(H2,20,21,22);1H. The van der Waals surface area contributed by atoms with Crippen LogP contribution in [0.15, 0.2) is 23.2 Å². The van der Waals surface area contributed by atoms with E-state index in [-0.39, 0.29) is 29.7 Å². The molecule has 0 amide bonds. The number of ether oxygens (including phenoxy) is 1. The lowest BCUT2D eigenvalue weighted by Gasteiger charge is -2.28. The summed E-state index contributed by atoms with van der Waals surface area (Å²) in [6.07, 6.45) is 6.47. The fourth-order valence-corrected chi connectivity index (χ4v) is 3.42. The van der Waals surface area contributed by atoms with Crippen molar-refractivity contribution in [2.45, 2.75) is 52.5 Å². The fourth-order valence-electron chi connectivity index (χ4n) is 3.42. The van der Waals surface area contributed by atoms with Gasteiger partial charge in [-0.15, -0.1) is 24.0 Å². The number of methoxy groups -OCH3 is 1. The van der Waals surface area contributed by atoms with E-state index < -0.39 is 0 Å². The van der Waals surface area contributed by atoms with Crippen molar-refractivity contribution in [3.8, 4) is 11.5 Å². The summed E-state index contributed by atoms with van der Waals surface area (Å²) < 4.78 is 5.15. The average Bonchev–Trinajstić information content (AvgIpc) is 3.08. The zero-order chi connectivity index (χ0) is 17.4. The van der Waals surface area contributed by atoms with Gasteiger partial charge >= 0.3 is 0 Å². The predicted octanol–water partition coefficient (Wildman–Crippen LogP) is 4.04. The molecule has 1 saturated carbocycles. The third kappa shape index (κ3) is 5.94. The molecule has 1 aromatic carbocycles. The summed E-state index contributed by atoms with van der Waals surface area (Å²) in [5.41, 5.74) is 1.17. The number of para-hydroxylation sites is 1. The molecule has 3 N–H and O–H groups in total. The van der Waals surface area contributed by atoms with E-state index in [4.69, 9.17) is 4.74 Å². The Hall–Kier alpha value is -1.18. The predicted molar refractivity (Wildman–Crippen MR) is 114 cm³/mol. The number of benzene rings is 1. The van der Waals surface area contributed by atoms with E-state index >= 15 is 0 Å². The van der Waals surface area contributed by atoms with Gasteiger partial charge in [-0.1, -0.05) is 31.9 Å². The van der Waals surface area contributed by atoms with Crippen molar-refractivity contribution in [3.63, 3.8) is 0 Å². The largest absolute Gasteiger partial charge is 0.504 e. The Bertz CT molecular complexity index is 558. The SMILES string of the molecule is CCNC(=NCc1cccc(OC)c1O)NCC1(CC)CCCC1.I. The minimum absolute atomic E-state index is 0. The van der Waals surface area contributed by atoms with Crippen LogP contribution in [0.2, 0.25) is 0 Å². The van der Waals surface area contributed by atoms with Crippen LogP contribution in [0.4, 0.5) is 0 Å². The Morgan fingerprint density at radius 2 is 1.96 bits per heavy atom. The molecule has 0 unspecified atom stereocenters. The molecule has 0 bridgehead atoms. The van der Waals surface area contributed by atoms with Crippen LogP contribution >= 0.6 is 24.0 Å². The topological polar surface area (TPSA) is 65.9 Å². The summed E-state index contributed by atoms with van der Waals surface area (Å²) in [5.74, 6) is 1.46. The number of phenols is 1. The van der Waals surface area contributed by atoms with Crippen LogP contribution < -0.4 is 15.4 Å². The number of guanidine groups is 1. The lowest BCUT2D eigenvalue weighted by atomic mass is 9.83. The van der Waals surface area contributed by atoms with Crippen molar-refractivity contribution >= 4 is 29.9 Å². The van der Waals surface area contributed by atoms with Crippen LogP contribution in [0, 0.1) is 5.41 Å². The number of hydrogen-bond donors (Lipinski definition) is 3. The van der Waals surface area contributed by atoms with Gasteiger partial charge in [0.15, 0.2) is 17.5 Å². The first-order valence-electron chi connectivity index (χ1n) is 9.01. The molecule has 25 heavy (non-hydrogen) atoms. The third-order valence-corrected chi connectivity index (χ3v) is 5.10. The second-order valence-electron chi connectivity index (χ2n) is 6.58. The highest BCUT2D eigenvalue weighted by Crippen LogP contribution is 2.40. The summed E-state index contributed by atoms with van der Waals surface area (Å²) in [4.78, 5) is 4.63. The van der Waals surface area contributed by atoms with E-state index in [9.17, 15) is 5.11 Å². The smallest absolute Gasteiger partial charge is 0.191 e. The van der Waals surface area contributed by atoms with Gasteiger partial charge in [0, 0.05) is 18.7 Å². The van der Waals surface area contributed by atoms with Gasteiger partial charge in [-0.25, -0.2) is 4.99 Å². The van der Waals surface area contributed by atoms with Gasteiger partial charge in [-0.2, -0.15) is 0 Å². The number of phenolic OH excluding ortho intramolecular Hbond substituents is 1. The number of aromatic hydroxyl groups is 1. The average molecular weight is 461 g/mol. The highest BCUT2D eigenvalue weighted by atomic mass is 127. The van der Waals surface area contributed by atoms with Gasteiger partial charge in [0.25, 0.3) is 0 Å².